The molecule has 0 saturated carbocycles. The van der Waals surface area contributed by atoms with Gasteiger partial charge in [0.05, 0.1) is 12.3 Å². The lowest BCUT2D eigenvalue weighted by molar-refractivity contribution is -0.145. The number of carbonyl (C=O) groups is 2. The molecule has 0 bridgehead atoms. The van der Waals surface area contributed by atoms with Gasteiger partial charge < -0.3 is 20.1 Å². The molecule has 2 aromatic rings. The fourth-order valence-electron chi connectivity index (χ4n) is 2.12. The molecule has 0 radical (unpaired) electrons. The molecule has 6 heteroatoms. The van der Waals surface area contributed by atoms with Gasteiger partial charge in [-0.05, 0) is 43.3 Å². The Balaban J connectivity index is 2.16. The molecule has 0 aliphatic heterocycles. The number of nitrogens with zero attached hydrogens (tertiary/aromatic N) is 1. The monoisotopic (exact) mass is 328 g/mol. The van der Waals surface area contributed by atoms with Crippen molar-refractivity contribution in [3.05, 3.63) is 54.1 Å². The molecule has 0 heterocycles. The Bertz CT molecular complexity index is 713. The van der Waals surface area contributed by atoms with Crippen LogP contribution in [0, 0.1) is 0 Å². The highest BCUT2D eigenvalue weighted by Gasteiger charge is 2.17. The summed E-state index contributed by atoms with van der Waals surface area (Å²) in [5.74, 6) is -0.237. The highest BCUT2D eigenvalue weighted by molar-refractivity contribution is 6.06. The number of nitrogen functional groups attached to an aromatic ring is 1. The lowest BCUT2D eigenvalue weighted by Gasteiger charge is -2.20. The van der Waals surface area contributed by atoms with Crippen LogP contribution in [0.2, 0.25) is 0 Å². The SMILES string of the molecule is CCOC(=O)COc1ccccc1N(C)C(=O)c1ccc(N)cc1. The number of benzene rings is 2. The molecule has 1 amide bonds. The predicted octanol–water partition coefficient (Wildman–Crippen LogP) is 2.49. The number of ether oxygens (including phenoxy) is 2. The summed E-state index contributed by atoms with van der Waals surface area (Å²) in [7, 11) is 1.64. The average molecular weight is 328 g/mol. The molecule has 0 saturated heterocycles. The third-order valence-electron chi connectivity index (χ3n) is 3.34. The molecule has 2 aromatic carbocycles. The second kappa shape index (κ2) is 8.01. The van der Waals surface area contributed by atoms with Gasteiger partial charge >= 0.3 is 5.97 Å². The molecular weight excluding hydrogens is 308 g/mol. The molecule has 0 aromatic heterocycles. The van der Waals surface area contributed by atoms with E-state index in [0.717, 1.165) is 0 Å². The molecule has 0 aliphatic rings. The van der Waals surface area contributed by atoms with E-state index in [1.807, 2.05) is 0 Å². The Hall–Kier alpha value is -3.02. The zero-order valence-corrected chi connectivity index (χ0v) is 13.7. The van der Waals surface area contributed by atoms with Gasteiger partial charge in [-0.3, -0.25) is 4.79 Å². The van der Waals surface area contributed by atoms with E-state index in [1.165, 1.54) is 4.90 Å². The number of carbonyl (C=O) groups excluding carboxylic acids is 2. The first-order chi connectivity index (χ1) is 11.5. The molecule has 2 rings (SSSR count). The maximum atomic E-state index is 12.6. The van der Waals surface area contributed by atoms with E-state index in [2.05, 4.69) is 0 Å². The molecule has 0 fully saturated rings. The number of esters is 1. The first-order valence-electron chi connectivity index (χ1n) is 7.54. The fourth-order valence-corrected chi connectivity index (χ4v) is 2.12. The van der Waals surface area contributed by atoms with Gasteiger partial charge in [0.15, 0.2) is 6.61 Å². The van der Waals surface area contributed by atoms with Crippen molar-refractivity contribution in [3.8, 4) is 5.75 Å². The summed E-state index contributed by atoms with van der Waals surface area (Å²) in [6.45, 7) is 1.80. The van der Waals surface area contributed by atoms with Crippen LogP contribution >= 0.6 is 0 Å². The smallest absolute Gasteiger partial charge is 0.344 e. The maximum absolute atomic E-state index is 12.6. The van der Waals surface area contributed by atoms with E-state index in [1.54, 1.807) is 62.5 Å². The summed E-state index contributed by atoms with van der Waals surface area (Å²) >= 11 is 0. The van der Waals surface area contributed by atoms with Crippen molar-refractivity contribution in [1.82, 2.24) is 0 Å². The minimum absolute atomic E-state index is 0.206. The van der Waals surface area contributed by atoms with Gasteiger partial charge in [0.2, 0.25) is 0 Å². The highest BCUT2D eigenvalue weighted by Crippen LogP contribution is 2.28. The number of anilines is 2. The Morgan fingerprint density at radius 1 is 1.08 bits per heavy atom. The van der Waals surface area contributed by atoms with Crippen LogP contribution in [-0.2, 0) is 9.53 Å². The fraction of sp³-hybridized carbons (Fsp3) is 0.222. The van der Waals surface area contributed by atoms with E-state index in [0.29, 0.717) is 29.3 Å². The zero-order chi connectivity index (χ0) is 17.5. The van der Waals surface area contributed by atoms with E-state index in [-0.39, 0.29) is 12.5 Å². The quantitative estimate of drug-likeness (QED) is 0.651. The van der Waals surface area contributed by atoms with Crippen molar-refractivity contribution in [3.63, 3.8) is 0 Å². The van der Waals surface area contributed by atoms with Gasteiger partial charge in [-0.1, -0.05) is 12.1 Å². The molecule has 0 atom stereocenters. The molecule has 0 spiro atoms. The Morgan fingerprint density at radius 2 is 1.75 bits per heavy atom. The normalized spacial score (nSPS) is 10.1. The van der Waals surface area contributed by atoms with Gasteiger partial charge in [0.1, 0.15) is 5.75 Å². The molecule has 0 aliphatic carbocycles. The summed E-state index contributed by atoms with van der Waals surface area (Å²) < 4.78 is 10.3. The maximum Gasteiger partial charge on any atom is 0.344 e. The number of para-hydroxylation sites is 2. The van der Waals surface area contributed by atoms with Gasteiger partial charge in [-0.15, -0.1) is 0 Å². The lowest BCUT2D eigenvalue weighted by atomic mass is 10.1. The van der Waals surface area contributed by atoms with Crippen molar-refractivity contribution < 1.29 is 19.1 Å². The largest absolute Gasteiger partial charge is 0.480 e. The molecule has 126 valence electrons. The third kappa shape index (κ3) is 4.25. The van der Waals surface area contributed by atoms with Crippen LogP contribution in [0.4, 0.5) is 11.4 Å². The molecule has 2 N–H and O–H groups in total. The standard InChI is InChI=1S/C18H20N2O4/c1-3-23-17(21)12-24-16-7-5-4-6-15(16)20(2)18(22)13-8-10-14(19)11-9-13/h4-11H,3,12,19H2,1-2H3. The molecule has 6 nitrogen and oxygen atoms in total. The summed E-state index contributed by atoms with van der Waals surface area (Å²) in [5, 5.41) is 0. The van der Waals surface area contributed by atoms with Crippen LogP contribution < -0.4 is 15.4 Å². The van der Waals surface area contributed by atoms with Crippen LogP contribution in [0.3, 0.4) is 0 Å². The first-order valence-corrected chi connectivity index (χ1v) is 7.54. The Morgan fingerprint density at radius 3 is 2.42 bits per heavy atom. The highest BCUT2D eigenvalue weighted by atomic mass is 16.6. The first kappa shape index (κ1) is 17.3. The van der Waals surface area contributed by atoms with Gasteiger partial charge in [-0.2, -0.15) is 0 Å². The van der Waals surface area contributed by atoms with E-state index >= 15 is 0 Å². The molecule has 0 unspecified atom stereocenters. The minimum Gasteiger partial charge on any atom is -0.480 e. The van der Waals surface area contributed by atoms with Crippen LogP contribution in [0.5, 0.6) is 5.75 Å². The zero-order valence-electron chi connectivity index (χ0n) is 13.7. The summed E-state index contributed by atoms with van der Waals surface area (Å²) in [5.41, 5.74) is 7.30. The van der Waals surface area contributed by atoms with Crippen LogP contribution in [-0.4, -0.2) is 32.1 Å². The van der Waals surface area contributed by atoms with E-state index in [4.69, 9.17) is 15.2 Å². The average Bonchev–Trinajstić information content (AvgIpc) is 2.60. The molecule has 24 heavy (non-hydrogen) atoms. The van der Waals surface area contributed by atoms with Crippen LogP contribution in [0.1, 0.15) is 17.3 Å². The molecular formula is C18H20N2O4. The number of rotatable bonds is 6. The number of hydrogen-bond acceptors (Lipinski definition) is 5. The topological polar surface area (TPSA) is 81.9 Å². The van der Waals surface area contributed by atoms with Crippen molar-refractivity contribution >= 4 is 23.3 Å². The number of amides is 1. The summed E-state index contributed by atoms with van der Waals surface area (Å²) in [6, 6.07) is 13.7. The summed E-state index contributed by atoms with van der Waals surface area (Å²) in [4.78, 5) is 25.5. The van der Waals surface area contributed by atoms with Gasteiger partial charge in [-0.25, -0.2) is 4.79 Å². The van der Waals surface area contributed by atoms with Gasteiger partial charge in [0, 0.05) is 18.3 Å². The third-order valence-corrected chi connectivity index (χ3v) is 3.34. The van der Waals surface area contributed by atoms with E-state index in [9.17, 15) is 9.59 Å². The van der Waals surface area contributed by atoms with Crippen molar-refractivity contribution in [2.24, 2.45) is 0 Å². The van der Waals surface area contributed by atoms with Crippen molar-refractivity contribution in [2.75, 3.05) is 30.9 Å². The van der Waals surface area contributed by atoms with Crippen LogP contribution in [0.25, 0.3) is 0 Å². The number of hydrogen-bond donors (Lipinski definition) is 1. The second-order valence-corrected chi connectivity index (χ2v) is 5.05. The second-order valence-electron chi connectivity index (χ2n) is 5.05. The van der Waals surface area contributed by atoms with Crippen molar-refractivity contribution in [2.45, 2.75) is 6.92 Å². The minimum atomic E-state index is -0.459. The van der Waals surface area contributed by atoms with Crippen molar-refractivity contribution in [1.29, 1.82) is 0 Å². The summed E-state index contributed by atoms with van der Waals surface area (Å²) in [6.07, 6.45) is 0. The Labute approximate surface area is 140 Å². The predicted molar refractivity (Wildman–Crippen MR) is 92.2 cm³/mol. The van der Waals surface area contributed by atoms with Crippen LogP contribution in [0.15, 0.2) is 48.5 Å². The number of nitrogens with two attached hydrogens (primary N) is 1. The van der Waals surface area contributed by atoms with Gasteiger partial charge in [0.25, 0.3) is 5.91 Å². The lowest BCUT2D eigenvalue weighted by Crippen LogP contribution is -2.27. The van der Waals surface area contributed by atoms with E-state index < -0.39 is 5.97 Å². The Kier molecular flexibility index (Phi) is 5.78.